The third-order valence-corrected chi connectivity index (χ3v) is 5.56. The molecule has 0 saturated heterocycles. The highest BCUT2D eigenvalue weighted by atomic mass is 31.1. The molecule has 0 amide bonds. The summed E-state index contributed by atoms with van der Waals surface area (Å²) >= 11 is 0. The van der Waals surface area contributed by atoms with Crippen LogP contribution in [0.4, 0.5) is 0 Å². The third-order valence-electron chi connectivity index (χ3n) is 4.08. The zero-order valence-corrected chi connectivity index (χ0v) is 11.8. The van der Waals surface area contributed by atoms with Gasteiger partial charge in [-0.05, 0) is 29.6 Å². The third kappa shape index (κ3) is 2.75. The molecule has 0 aromatic heterocycles. The van der Waals surface area contributed by atoms with Gasteiger partial charge in [-0.2, -0.15) is 0 Å². The van der Waals surface area contributed by atoms with Crippen LogP contribution < -0.4 is 5.30 Å². The SMILES string of the molecule is C1=CC(Pc2ccccc2C2CCCCC2)C=C1. The van der Waals surface area contributed by atoms with Crippen LogP contribution in [0.1, 0.15) is 43.6 Å². The minimum absolute atomic E-state index is 0.648. The lowest BCUT2D eigenvalue weighted by molar-refractivity contribution is 0.445. The van der Waals surface area contributed by atoms with Gasteiger partial charge in [0.25, 0.3) is 0 Å². The van der Waals surface area contributed by atoms with E-state index in [2.05, 4.69) is 48.6 Å². The summed E-state index contributed by atoms with van der Waals surface area (Å²) in [7, 11) is 0.908. The first-order valence-corrected chi connectivity index (χ1v) is 8.22. The molecule has 18 heavy (non-hydrogen) atoms. The maximum Gasteiger partial charge on any atom is 0.0169 e. The lowest BCUT2D eigenvalue weighted by atomic mass is 9.84. The zero-order valence-electron chi connectivity index (χ0n) is 10.8. The van der Waals surface area contributed by atoms with Gasteiger partial charge in [0.15, 0.2) is 0 Å². The van der Waals surface area contributed by atoms with E-state index >= 15 is 0 Å². The van der Waals surface area contributed by atoms with Crippen molar-refractivity contribution in [1.29, 1.82) is 0 Å². The number of rotatable bonds is 3. The molecule has 0 aliphatic heterocycles. The molecule has 1 fully saturated rings. The average molecular weight is 256 g/mol. The zero-order chi connectivity index (χ0) is 12.2. The predicted octanol–water partition coefficient (Wildman–Crippen LogP) is 4.53. The van der Waals surface area contributed by atoms with Crippen LogP contribution in [0.2, 0.25) is 0 Å². The van der Waals surface area contributed by atoms with Crippen LogP contribution in [-0.2, 0) is 0 Å². The summed E-state index contributed by atoms with van der Waals surface area (Å²) in [5, 5.41) is 1.60. The first kappa shape index (κ1) is 12.2. The van der Waals surface area contributed by atoms with Crippen molar-refractivity contribution in [2.75, 3.05) is 0 Å². The number of hydrogen-bond donors (Lipinski definition) is 0. The Morgan fingerprint density at radius 2 is 1.61 bits per heavy atom. The van der Waals surface area contributed by atoms with Crippen molar-refractivity contribution in [1.82, 2.24) is 0 Å². The van der Waals surface area contributed by atoms with Gasteiger partial charge < -0.3 is 0 Å². The summed E-state index contributed by atoms with van der Waals surface area (Å²) in [5.74, 6) is 0.830. The molecular weight excluding hydrogens is 235 g/mol. The molecular formula is C17H21P. The topological polar surface area (TPSA) is 0 Å². The Hall–Kier alpha value is -0.870. The van der Waals surface area contributed by atoms with Crippen LogP contribution >= 0.6 is 8.58 Å². The van der Waals surface area contributed by atoms with Gasteiger partial charge in [-0.25, -0.2) is 0 Å². The maximum atomic E-state index is 2.38. The van der Waals surface area contributed by atoms with Gasteiger partial charge in [0.05, 0.1) is 0 Å². The second-order valence-electron chi connectivity index (χ2n) is 5.36. The second kappa shape index (κ2) is 5.85. The Kier molecular flexibility index (Phi) is 3.96. The molecule has 0 N–H and O–H groups in total. The largest absolute Gasteiger partial charge is 0.0790 e. The quantitative estimate of drug-likeness (QED) is 0.697. The molecule has 1 unspecified atom stereocenters. The Bertz CT molecular complexity index is 440. The Labute approximate surface area is 112 Å². The van der Waals surface area contributed by atoms with Crippen molar-refractivity contribution in [2.45, 2.75) is 43.7 Å². The van der Waals surface area contributed by atoms with E-state index in [0.29, 0.717) is 5.66 Å². The summed E-state index contributed by atoms with van der Waals surface area (Å²) < 4.78 is 0. The fourth-order valence-corrected chi connectivity index (χ4v) is 4.53. The minimum atomic E-state index is 0.648. The van der Waals surface area contributed by atoms with Gasteiger partial charge >= 0.3 is 0 Å². The Balaban J connectivity index is 1.79. The van der Waals surface area contributed by atoms with Crippen LogP contribution in [-0.4, -0.2) is 5.66 Å². The molecule has 2 aliphatic carbocycles. The molecule has 3 rings (SSSR count). The van der Waals surface area contributed by atoms with Crippen LogP contribution in [0.15, 0.2) is 48.6 Å². The minimum Gasteiger partial charge on any atom is -0.0790 e. The number of benzene rings is 1. The molecule has 0 spiro atoms. The molecule has 0 nitrogen and oxygen atoms in total. The van der Waals surface area contributed by atoms with Crippen molar-refractivity contribution in [2.24, 2.45) is 0 Å². The van der Waals surface area contributed by atoms with E-state index in [1.54, 1.807) is 10.9 Å². The van der Waals surface area contributed by atoms with Gasteiger partial charge in [0.2, 0.25) is 0 Å². The monoisotopic (exact) mass is 256 g/mol. The smallest absolute Gasteiger partial charge is 0.0169 e. The lowest BCUT2D eigenvalue weighted by Crippen LogP contribution is -2.14. The fourth-order valence-electron chi connectivity index (χ4n) is 3.11. The standard InChI is InChI=1S/C17H21P/c1-2-8-14(9-3-1)16-12-6-7-13-17(16)18-15-10-4-5-11-15/h4-7,10-15,18H,1-3,8-9H2. The van der Waals surface area contributed by atoms with Crippen molar-refractivity contribution in [3.8, 4) is 0 Å². The molecule has 1 heteroatoms. The average Bonchev–Trinajstić information content (AvgIpc) is 2.93. The van der Waals surface area contributed by atoms with Crippen molar-refractivity contribution >= 4 is 13.9 Å². The van der Waals surface area contributed by atoms with E-state index < -0.39 is 0 Å². The summed E-state index contributed by atoms with van der Waals surface area (Å²) in [6.07, 6.45) is 16.1. The van der Waals surface area contributed by atoms with E-state index in [-0.39, 0.29) is 0 Å². The summed E-state index contributed by atoms with van der Waals surface area (Å²) in [4.78, 5) is 0. The van der Waals surface area contributed by atoms with Crippen molar-refractivity contribution in [3.63, 3.8) is 0 Å². The van der Waals surface area contributed by atoms with Gasteiger partial charge in [-0.15, -0.1) is 0 Å². The second-order valence-corrected chi connectivity index (χ2v) is 6.86. The number of hydrogen-bond acceptors (Lipinski definition) is 0. The van der Waals surface area contributed by atoms with Gasteiger partial charge in [-0.3, -0.25) is 0 Å². The summed E-state index contributed by atoms with van der Waals surface area (Å²) in [6, 6.07) is 9.15. The van der Waals surface area contributed by atoms with Gasteiger partial charge in [0.1, 0.15) is 0 Å². The van der Waals surface area contributed by atoms with E-state index in [1.807, 2.05) is 0 Å². The lowest BCUT2D eigenvalue weighted by Gasteiger charge is -2.24. The molecule has 1 atom stereocenters. The fraction of sp³-hybridized carbons (Fsp3) is 0.412. The van der Waals surface area contributed by atoms with Crippen LogP contribution in [0.3, 0.4) is 0 Å². The van der Waals surface area contributed by atoms with E-state index in [0.717, 1.165) is 14.5 Å². The summed E-state index contributed by atoms with van der Waals surface area (Å²) in [5.41, 5.74) is 2.29. The Morgan fingerprint density at radius 1 is 0.889 bits per heavy atom. The molecule has 0 heterocycles. The molecule has 94 valence electrons. The first-order chi connectivity index (χ1) is 8.93. The van der Waals surface area contributed by atoms with Crippen LogP contribution in [0.5, 0.6) is 0 Å². The van der Waals surface area contributed by atoms with E-state index in [1.165, 1.54) is 32.1 Å². The highest BCUT2D eigenvalue weighted by molar-refractivity contribution is 7.48. The van der Waals surface area contributed by atoms with E-state index in [9.17, 15) is 0 Å². The van der Waals surface area contributed by atoms with Crippen molar-refractivity contribution in [3.05, 3.63) is 54.1 Å². The summed E-state index contributed by atoms with van der Waals surface area (Å²) in [6.45, 7) is 0. The highest BCUT2D eigenvalue weighted by Gasteiger charge is 2.19. The number of allylic oxidation sites excluding steroid dienone is 4. The van der Waals surface area contributed by atoms with Gasteiger partial charge in [-0.1, -0.05) is 76.4 Å². The van der Waals surface area contributed by atoms with Gasteiger partial charge in [0, 0.05) is 5.66 Å². The Morgan fingerprint density at radius 3 is 2.39 bits per heavy atom. The molecule has 0 radical (unpaired) electrons. The predicted molar refractivity (Wildman–Crippen MR) is 82.3 cm³/mol. The molecule has 1 saturated carbocycles. The molecule has 1 aromatic carbocycles. The highest BCUT2D eigenvalue weighted by Crippen LogP contribution is 2.35. The molecule has 1 aromatic rings. The van der Waals surface area contributed by atoms with Crippen LogP contribution in [0.25, 0.3) is 0 Å². The first-order valence-electron chi connectivity index (χ1n) is 7.14. The van der Waals surface area contributed by atoms with Crippen molar-refractivity contribution < 1.29 is 0 Å². The normalized spacial score (nSPS) is 21.3. The van der Waals surface area contributed by atoms with E-state index in [4.69, 9.17) is 0 Å². The maximum absolute atomic E-state index is 2.38. The molecule has 0 bridgehead atoms. The van der Waals surface area contributed by atoms with Crippen LogP contribution in [0, 0.1) is 0 Å². The molecule has 2 aliphatic rings.